The molecule has 0 saturated carbocycles. The Hall–Kier alpha value is -3.14. The van der Waals surface area contributed by atoms with Gasteiger partial charge in [-0.25, -0.2) is 9.78 Å². The fourth-order valence-electron chi connectivity index (χ4n) is 2.60. The number of rotatable bonds is 4. The summed E-state index contributed by atoms with van der Waals surface area (Å²) < 4.78 is 5.31. The van der Waals surface area contributed by atoms with Crippen LogP contribution >= 0.6 is 0 Å². The summed E-state index contributed by atoms with van der Waals surface area (Å²) in [6, 6.07) is 14.8. The molecule has 0 fully saturated rings. The van der Waals surface area contributed by atoms with Crippen molar-refractivity contribution in [3.05, 3.63) is 70.9 Å². The molecule has 0 radical (unpaired) electrons. The van der Waals surface area contributed by atoms with Crippen molar-refractivity contribution in [2.24, 2.45) is 0 Å². The van der Waals surface area contributed by atoms with Crippen LogP contribution in [0.1, 0.15) is 27.2 Å². The smallest absolute Gasteiger partial charge is 0.336 e. The number of carboxylic acids is 1. The number of aryl methyl sites for hydroxylation is 1. The van der Waals surface area contributed by atoms with Crippen LogP contribution in [0, 0.1) is 6.92 Å². The Morgan fingerprint density at radius 3 is 2.67 bits per heavy atom. The monoisotopic (exact) mass is 319 g/mol. The molecule has 24 heavy (non-hydrogen) atoms. The molecule has 0 atom stereocenters. The van der Waals surface area contributed by atoms with E-state index in [-0.39, 0.29) is 5.56 Å². The predicted octanol–water partition coefficient (Wildman–Crippen LogP) is 4.42. The summed E-state index contributed by atoms with van der Waals surface area (Å²) in [4.78, 5) is 16.1. The van der Waals surface area contributed by atoms with Crippen LogP contribution in [-0.4, -0.2) is 23.2 Å². The van der Waals surface area contributed by atoms with Gasteiger partial charge in [0.05, 0.1) is 23.9 Å². The fraction of sp³-hybridized carbons (Fsp3) is 0.100. The quantitative estimate of drug-likeness (QED) is 0.773. The molecule has 1 aromatic heterocycles. The van der Waals surface area contributed by atoms with Crippen LogP contribution in [0.3, 0.4) is 0 Å². The third kappa shape index (κ3) is 3.13. The number of aromatic carboxylic acids is 1. The highest BCUT2D eigenvalue weighted by atomic mass is 16.5. The maximum absolute atomic E-state index is 11.6. The van der Waals surface area contributed by atoms with Gasteiger partial charge >= 0.3 is 5.97 Å². The van der Waals surface area contributed by atoms with Crippen molar-refractivity contribution in [3.63, 3.8) is 0 Å². The highest BCUT2D eigenvalue weighted by Gasteiger charge is 2.11. The zero-order valence-corrected chi connectivity index (χ0v) is 13.5. The van der Waals surface area contributed by atoms with E-state index in [1.165, 1.54) is 0 Å². The highest BCUT2D eigenvalue weighted by Crippen LogP contribution is 2.23. The summed E-state index contributed by atoms with van der Waals surface area (Å²) in [5, 5.41) is 10.1. The van der Waals surface area contributed by atoms with Gasteiger partial charge in [0.15, 0.2) is 0 Å². The largest absolute Gasteiger partial charge is 0.496 e. The molecule has 120 valence electrons. The fourth-order valence-corrected chi connectivity index (χ4v) is 2.60. The van der Waals surface area contributed by atoms with E-state index < -0.39 is 5.97 Å². The average Bonchev–Trinajstić information content (AvgIpc) is 2.59. The van der Waals surface area contributed by atoms with Gasteiger partial charge in [-0.1, -0.05) is 29.8 Å². The van der Waals surface area contributed by atoms with Crippen molar-refractivity contribution in [3.8, 4) is 5.75 Å². The number of hydrogen-bond donors (Lipinski definition) is 1. The molecule has 0 amide bonds. The first-order valence-electron chi connectivity index (χ1n) is 7.54. The SMILES string of the molecule is COc1ccccc1/C=C/c1cc(C(=O)O)c2cc(C)ccc2n1. The lowest BCUT2D eigenvalue weighted by atomic mass is 10.0. The first-order chi connectivity index (χ1) is 11.6. The number of ether oxygens (including phenoxy) is 1. The Labute approximate surface area is 140 Å². The van der Waals surface area contributed by atoms with E-state index >= 15 is 0 Å². The molecule has 3 rings (SSSR count). The number of carboxylic acid groups (broad SMARTS) is 1. The number of aromatic nitrogens is 1. The van der Waals surface area contributed by atoms with Crippen molar-refractivity contribution in [1.82, 2.24) is 4.98 Å². The van der Waals surface area contributed by atoms with E-state index in [1.807, 2.05) is 55.5 Å². The summed E-state index contributed by atoms with van der Waals surface area (Å²) >= 11 is 0. The Morgan fingerprint density at radius 2 is 1.92 bits per heavy atom. The molecule has 4 nitrogen and oxygen atoms in total. The topological polar surface area (TPSA) is 59.4 Å². The van der Waals surface area contributed by atoms with E-state index in [9.17, 15) is 9.90 Å². The summed E-state index contributed by atoms with van der Waals surface area (Å²) in [6.45, 7) is 1.93. The van der Waals surface area contributed by atoms with Crippen LogP contribution in [0.4, 0.5) is 0 Å². The lowest BCUT2D eigenvalue weighted by Gasteiger charge is -2.06. The normalized spacial score (nSPS) is 11.1. The second kappa shape index (κ2) is 6.54. The molecule has 4 heteroatoms. The summed E-state index contributed by atoms with van der Waals surface area (Å²) in [5.74, 6) is -0.205. The second-order valence-corrected chi connectivity index (χ2v) is 5.50. The number of benzene rings is 2. The van der Waals surface area contributed by atoms with Gasteiger partial charge in [0.2, 0.25) is 0 Å². The van der Waals surface area contributed by atoms with Crippen LogP contribution in [0.25, 0.3) is 23.1 Å². The molecule has 1 heterocycles. The van der Waals surface area contributed by atoms with Gasteiger partial charge in [-0.3, -0.25) is 0 Å². The lowest BCUT2D eigenvalue weighted by molar-refractivity contribution is 0.0699. The van der Waals surface area contributed by atoms with E-state index in [0.717, 1.165) is 16.9 Å². The number of pyridine rings is 1. The number of carbonyl (C=O) groups is 1. The summed E-state index contributed by atoms with van der Waals surface area (Å²) in [6.07, 6.45) is 3.66. The van der Waals surface area contributed by atoms with Gasteiger partial charge in [0, 0.05) is 10.9 Å². The van der Waals surface area contributed by atoms with E-state index in [2.05, 4.69) is 4.98 Å². The van der Waals surface area contributed by atoms with Crippen LogP contribution < -0.4 is 4.74 Å². The number of nitrogens with zero attached hydrogens (tertiary/aromatic N) is 1. The molecule has 0 aliphatic heterocycles. The Balaban J connectivity index is 2.08. The van der Waals surface area contributed by atoms with Crippen molar-refractivity contribution in [2.45, 2.75) is 6.92 Å². The molecule has 0 aliphatic carbocycles. The Kier molecular flexibility index (Phi) is 4.29. The van der Waals surface area contributed by atoms with Crippen molar-refractivity contribution >= 4 is 29.0 Å². The van der Waals surface area contributed by atoms with E-state index in [0.29, 0.717) is 16.6 Å². The van der Waals surface area contributed by atoms with Gasteiger partial charge in [0.25, 0.3) is 0 Å². The molecule has 1 N–H and O–H groups in total. The summed E-state index contributed by atoms with van der Waals surface area (Å²) in [7, 11) is 1.62. The minimum absolute atomic E-state index is 0.253. The molecular formula is C20H17NO3. The first-order valence-corrected chi connectivity index (χ1v) is 7.54. The van der Waals surface area contributed by atoms with Crippen LogP contribution in [0.5, 0.6) is 5.75 Å². The second-order valence-electron chi connectivity index (χ2n) is 5.50. The Morgan fingerprint density at radius 1 is 1.12 bits per heavy atom. The minimum Gasteiger partial charge on any atom is -0.496 e. The molecule has 2 aromatic carbocycles. The van der Waals surface area contributed by atoms with E-state index in [1.54, 1.807) is 19.3 Å². The van der Waals surface area contributed by atoms with Gasteiger partial charge in [0.1, 0.15) is 5.75 Å². The zero-order valence-electron chi connectivity index (χ0n) is 13.5. The van der Waals surface area contributed by atoms with Crippen molar-refractivity contribution < 1.29 is 14.6 Å². The molecule has 0 saturated heterocycles. The number of para-hydroxylation sites is 1. The first kappa shape index (κ1) is 15.7. The van der Waals surface area contributed by atoms with E-state index in [4.69, 9.17) is 4.74 Å². The third-order valence-corrected chi connectivity index (χ3v) is 3.79. The average molecular weight is 319 g/mol. The number of hydrogen-bond acceptors (Lipinski definition) is 3. The van der Waals surface area contributed by atoms with Crippen molar-refractivity contribution in [2.75, 3.05) is 7.11 Å². The maximum Gasteiger partial charge on any atom is 0.336 e. The molecule has 0 aliphatic rings. The molecule has 3 aromatic rings. The van der Waals surface area contributed by atoms with Crippen LogP contribution in [-0.2, 0) is 0 Å². The minimum atomic E-state index is -0.958. The Bertz CT molecular complexity index is 945. The number of methoxy groups -OCH3 is 1. The van der Waals surface area contributed by atoms with Crippen LogP contribution in [0.15, 0.2) is 48.5 Å². The van der Waals surface area contributed by atoms with Crippen LogP contribution in [0.2, 0.25) is 0 Å². The molecular weight excluding hydrogens is 302 g/mol. The van der Waals surface area contributed by atoms with Crippen molar-refractivity contribution in [1.29, 1.82) is 0 Å². The van der Waals surface area contributed by atoms with Gasteiger partial charge < -0.3 is 9.84 Å². The van der Waals surface area contributed by atoms with Gasteiger partial charge in [-0.15, -0.1) is 0 Å². The maximum atomic E-state index is 11.6. The number of fused-ring (bicyclic) bond motifs is 1. The third-order valence-electron chi connectivity index (χ3n) is 3.79. The summed E-state index contributed by atoms with van der Waals surface area (Å²) in [5.41, 5.74) is 3.42. The molecule has 0 unspecified atom stereocenters. The highest BCUT2D eigenvalue weighted by molar-refractivity contribution is 6.03. The van der Waals surface area contributed by atoms with Gasteiger partial charge in [-0.05, 0) is 43.3 Å². The predicted molar refractivity (Wildman–Crippen MR) is 95.4 cm³/mol. The zero-order chi connectivity index (χ0) is 17.1. The standard InChI is InChI=1S/C20H17NO3/c1-13-7-10-18-16(11-13)17(20(22)23)12-15(21-18)9-8-14-5-3-4-6-19(14)24-2/h3-12H,1-2H3,(H,22,23)/b9-8+. The lowest BCUT2D eigenvalue weighted by Crippen LogP contribution is -2.00. The molecule has 0 spiro atoms. The molecule has 0 bridgehead atoms. The van der Waals surface area contributed by atoms with Gasteiger partial charge in [-0.2, -0.15) is 0 Å².